The summed E-state index contributed by atoms with van der Waals surface area (Å²) in [6.45, 7) is 3.92. The first kappa shape index (κ1) is 14.2. The molecule has 0 aliphatic heterocycles. The van der Waals surface area contributed by atoms with E-state index in [9.17, 15) is 0 Å². The monoisotopic (exact) mass is 253 g/mol. The summed E-state index contributed by atoms with van der Waals surface area (Å²) >= 11 is 0. The van der Waals surface area contributed by atoms with Gasteiger partial charge in [0.2, 0.25) is 0 Å². The van der Waals surface area contributed by atoms with Gasteiger partial charge in [-0.05, 0) is 18.6 Å². The lowest BCUT2D eigenvalue weighted by atomic mass is 10.3. The lowest BCUT2D eigenvalue weighted by Crippen LogP contribution is -2.15. The highest BCUT2D eigenvalue weighted by molar-refractivity contribution is 5.95. The summed E-state index contributed by atoms with van der Waals surface area (Å²) in [5.41, 5.74) is 5.80. The van der Waals surface area contributed by atoms with Crippen LogP contribution in [0.1, 0.15) is 25.5 Å². The molecule has 1 aromatic heterocycles. The van der Waals surface area contributed by atoms with Gasteiger partial charge in [-0.15, -0.1) is 0 Å². The zero-order valence-electron chi connectivity index (χ0n) is 10.5. The van der Waals surface area contributed by atoms with Crippen molar-refractivity contribution in [3.8, 4) is 5.75 Å². The van der Waals surface area contributed by atoms with Crippen molar-refractivity contribution in [3.05, 3.63) is 24.0 Å². The Morgan fingerprint density at radius 1 is 1.39 bits per heavy atom. The average molecular weight is 253 g/mol. The number of pyridine rings is 1. The molecule has 0 aromatic carbocycles. The maximum absolute atomic E-state index is 8.48. The second kappa shape index (κ2) is 8.30. The van der Waals surface area contributed by atoms with Gasteiger partial charge in [0, 0.05) is 6.61 Å². The van der Waals surface area contributed by atoms with Crippen LogP contribution in [0.2, 0.25) is 0 Å². The Morgan fingerprint density at radius 3 is 2.83 bits per heavy atom. The van der Waals surface area contributed by atoms with Crippen LogP contribution < -0.4 is 10.5 Å². The number of nitrogens with zero attached hydrogens (tertiary/aromatic N) is 2. The van der Waals surface area contributed by atoms with Gasteiger partial charge in [-0.25, -0.2) is 4.98 Å². The zero-order chi connectivity index (χ0) is 13.2. The number of oxime groups is 1. The van der Waals surface area contributed by atoms with Crippen LogP contribution in [0.3, 0.4) is 0 Å². The molecule has 0 radical (unpaired) electrons. The Bertz CT molecular complexity index is 365. The van der Waals surface area contributed by atoms with Crippen LogP contribution in [0.5, 0.6) is 5.75 Å². The van der Waals surface area contributed by atoms with Crippen molar-refractivity contribution >= 4 is 5.84 Å². The predicted octanol–water partition coefficient (Wildman–Crippen LogP) is 1.37. The molecule has 100 valence electrons. The average Bonchev–Trinajstić information content (AvgIpc) is 2.42. The smallest absolute Gasteiger partial charge is 0.188 e. The van der Waals surface area contributed by atoms with Crippen molar-refractivity contribution in [1.82, 2.24) is 4.98 Å². The summed E-state index contributed by atoms with van der Waals surface area (Å²) in [4.78, 5) is 4.00. The number of nitrogens with two attached hydrogens (primary N) is 1. The van der Waals surface area contributed by atoms with Crippen LogP contribution >= 0.6 is 0 Å². The molecule has 0 amide bonds. The van der Waals surface area contributed by atoms with Gasteiger partial charge in [-0.3, -0.25) is 0 Å². The van der Waals surface area contributed by atoms with Crippen molar-refractivity contribution in [3.63, 3.8) is 0 Å². The van der Waals surface area contributed by atoms with Gasteiger partial charge < -0.3 is 20.4 Å². The van der Waals surface area contributed by atoms with Gasteiger partial charge in [-0.1, -0.05) is 18.5 Å². The molecule has 1 aromatic rings. The highest BCUT2D eigenvalue weighted by Crippen LogP contribution is 2.08. The van der Waals surface area contributed by atoms with Crippen LogP contribution in [0, 0.1) is 0 Å². The van der Waals surface area contributed by atoms with Crippen LogP contribution in [-0.2, 0) is 4.74 Å². The molecule has 0 unspecified atom stereocenters. The molecular formula is C12H19N3O3. The van der Waals surface area contributed by atoms with Crippen LogP contribution in [0.25, 0.3) is 0 Å². The Morgan fingerprint density at radius 2 is 2.22 bits per heavy atom. The minimum absolute atomic E-state index is 0.0237. The molecule has 0 aliphatic rings. The van der Waals surface area contributed by atoms with Crippen molar-refractivity contribution < 1.29 is 14.7 Å². The molecule has 6 nitrogen and oxygen atoms in total. The van der Waals surface area contributed by atoms with Crippen LogP contribution in [0.4, 0.5) is 0 Å². The molecule has 0 saturated carbocycles. The topological polar surface area (TPSA) is 90.0 Å². The Kier molecular flexibility index (Phi) is 6.56. The van der Waals surface area contributed by atoms with E-state index >= 15 is 0 Å². The normalized spacial score (nSPS) is 11.5. The lowest BCUT2D eigenvalue weighted by Gasteiger charge is -2.07. The highest BCUT2D eigenvalue weighted by Gasteiger charge is 2.01. The summed E-state index contributed by atoms with van der Waals surface area (Å²) in [7, 11) is 0. The second-order valence-electron chi connectivity index (χ2n) is 3.68. The Labute approximate surface area is 106 Å². The van der Waals surface area contributed by atoms with Gasteiger partial charge >= 0.3 is 0 Å². The summed E-state index contributed by atoms with van der Waals surface area (Å²) in [5, 5.41) is 11.3. The molecule has 3 N–H and O–H groups in total. The Hall–Kier alpha value is -1.82. The number of aromatic nitrogens is 1. The largest absolute Gasteiger partial charge is 0.490 e. The zero-order valence-corrected chi connectivity index (χ0v) is 10.5. The quantitative estimate of drug-likeness (QED) is 0.240. The fourth-order valence-electron chi connectivity index (χ4n) is 1.24. The molecule has 0 atom stereocenters. The number of amidine groups is 1. The molecule has 0 fully saturated rings. The van der Waals surface area contributed by atoms with Crippen molar-refractivity contribution in [2.45, 2.75) is 19.8 Å². The number of hydrogen-bond donors (Lipinski definition) is 2. The highest BCUT2D eigenvalue weighted by atomic mass is 16.5. The van der Waals surface area contributed by atoms with E-state index in [1.807, 2.05) is 0 Å². The van der Waals surface area contributed by atoms with E-state index in [0.717, 1.165) is 19.4 Å². The molecule has 1 heterocycles. The maximum atomic E-state index is 8.48. The summed E-state index contributed by atoms with van der Waals surface area (Å²) in [5.74, 6) is 0.605. The molecule has 1 rings (SSSR count). The molecule has 0 bridgehead atoms. The van der Waals surface area contributed by atoms with Crippen LogP contribution in [0.15, 0.2) is 23.5 Å². The van der Waals surface area contributed by atoms with Gasteiger partial charge in [0.25, 0.3) is 0 Å². The van der Waals surface area contributed by atoms with Crippen molar-refractivity contribution in [2.24, 2.45) is 10.9 Å². The standard InChI is InChI=1S/C12H19N3O3/c1-2-3-6-17-7-8-18-10-4-5-11(14-9-10)12(13)15-16/h4-5,9,16H,2-3,6-8H2,1H3,(H2,13,15). The van der Waals surface area contributed by atoms with E-state index in [1.165, 1.54) is 6.20 Å². The van der Waals surface area contributed by atoms with E-state index in [2.05, 4.69) is 17.1 Å². The summed E-state index contributed by atoms with van der Waals surface area (Å²) in [6.07, 6.45) is 3.72. The molecule has 0 aliphatic carbocycles. The van der Waals surface area contributed by atoms with Gasteiger partial charge in [0.05, 0.1) is 12.8 Å². The van der Waals surface area contributed by atoms with E-state index < -0.39 is 0 Å². The predicted molar refractivity (Wildman–Crippen MR) is 68.0 cm³/mol. The fourth-order valence-corrected chi connectivity index (χ4v) is 1.24. The third-order valence-corrected chi connectivity index (χ3v) is 2.25. The molecule has 18 heavy (non-hydrogen) atoms. The number of ether oxygens (including phenoxy) is 2. The third-order valence-electron chi connectivity index (χ3n) is 2.25. The van der Waals surface area contributed by atoms with Crippen molar-refractivity contribution in [2.75, 3.05) is 19.8 Å². The number of unbranched alkanes of at least 4 members (excludes halogenated alkanes) is 1. The van der Waals surface area contributed by atoms with Crippen molar-refractivity contribution in [1.29, 1.82) is 0 Å². The number of rotatable bonds is 8. The number of hydrogen-bond acceptors (Lipinski definition) is 5. The second-order valence-corrected chi connectivity index (χ2v) is 3.68. The third kappa shape index (κ3) is 5.01. The maximum Gasteiger partial charge on any atom is 0.188 e. The molecule has 0 saturated heterocycles. The molecule has 6 heteroatoms. The fraction of sp³-hybridized carbons (Fsp3) is 0.500. The van der Waals surface area contributed by atoms with Gasteiger partial charge in [0.1, 0.15) is 18.1 Å². The summed E-state index contributed by atoms with van der Waals surface area (Å²) < 4.78 is 10.8. The van der Waals surface area contributed by atoms with Gasteiger partial charge in [0.15, 0.2) is 5.84 Å². The first-order chi connectivity index (χ1) is 8.77. The first-order valence-electron chi connectivity index (χ1n) is 5.92. The molecular weight excluding hydrogens is 234 g/mol. The van der Waals surface area contributed by atoms with E-state index in [1.54, 1.807) is 12.1 Å². The van der Waals surface area contributed by atoms with Crippen LogP contribution in [-0.4, -0.2) is 35.8 Å². The van der Waals surface area contributed by atoms with E-state index in [4.69, 9.17) is 20.4 Å². The first-order valence-corrected chi connectivity index (χ1v) is 5.92. The summed E-state index contributed by atoms with van der Waals surface area (Å²) in [6, 6.07) is 3.34. The minimum Gasteiger partial charge on any atom is -0.490 e. The lowest BCUT2D eigenvalue weighted by molar-refractivity contribution is 0.0979. The molecule has 0 spiro atoms. The van der Waals surface area contributed by atoms with E-state index in [0.29, 0.717) is 24.7 Å². The minimum atomic E-state index is -0.0237. The van der Waals surface area contributed by atoms with Gasteiger partial charge in [-0.2, -0.15) is 0 Å². The Balaban J connectivity index is 2.27. The SMILES string of the molecule is CCCCOCCOc1ccc(/C(N)=N/O)nc1. The van der Waals surface area contributed by atoms with E-state index in [-0.39, 0.29) is 5.84 Å².